The van der Waals surface area contributed by atoms with E-state index in [-0.39, 0.29) is 0 Å². The average Bonchev–Trinajstić information content (AvgIpc) is 3.03. The van der Waals surface area contributed by atoms with E-state index in [4.69, 9.17) is 28.2 Å². The van der Waals surface area contributed by atoms with E-state index in [1.807, 2.05) is 41.0 Å². The van der Waals surface area contributed by atoms with Crippen LogP contribution in [0.2, 0.25) is 5.02 Å². The fourth-order valence-electron chi connectivity index (χ4n) is 1.84. The molecule has 0 atom stereocenters. The highest BCUT2D eigenvalue weighted by Crippen LogP contribution is 2.20. The summed E-state index contributed by atoms with van der Waals surface area (Å²) in [5.41, 5.74) is 0.948. The number of halogens is 1. The topological polar surface area (TPSA) is 46.8 Å². The molecule has 4 nitrogen and oxygen atoms in total. The van der Waals surface area contributed by atoms with Crippen LogP contribution in [0.5, 0.6) is 0 Å². The van der Waals surface area contributed by atoms with Gasteiger partial charge in [0, 0.05) is 10.6 Å². The molecule has 0 saturated heterocycles. The highest BCUT2D eigenvalue weighted by Gasteiger charge is 2.10. The predicted molar refractivity (Wildman–Crippen MR) is 75.7 cm³/mol. The van der Waals surface area contributed by atoms with Gasteiger partial charge in [0.15, 0.2) is 10.6 Å². The molecule has 0 amide bonds. The van der Waals surface area contributed by atoms with Gasteiger partial charge in [0.2, 0.25) is 0 Å². The summed E-state index contributed by atoms with van der Waals surface area (Å²) in [7, 11) is 0. The largest absolute Gasteiger partial charge is 0.467 e. The van der Waals surface area contributed by atoms with E-state index in [2.05, 4.69) is 10.2 Å². The molecule has 2 aromatic heterocycles. The third kappa shape index (κ3) is 2.47. The Morgan fingerprint density at radius 2 is 2.05 bits per heavy atom. The van der Waals surface area contributed by atoms with Gasteiger partial charge in [0.05, 0.1) is 12.8 Å². The summed E-state index contributed by atoms with van der Waals surface area (Å²) >= 11 is 11.1. The Kier molecular flexibility index (Phi) is 3.23. The molecule has 96 valence electrons. The van der Waals surface area contributed by atoms with Crippen molar-refractivity contribution in [3.63, 3.8) is 0 Å². The van der Waals surface area contributed by atoms with Crippen LogP contribution in [0.25, 0.3) is 11.4 Å². The van der Waals surface area contributed by atoms with Crippen molar-refractivity contribution < 1.29 is 4.42 Å². The van der Waals surface area contributed by atoms with Crippen LogP contribution in [-0.2, 0) is 6.54 Å². The molecule has 0 aliphatic heterocycles. The lowest BCUT2D eigenvalue weighted by Gasteiger charge is -2.05. The summed E-state index contributed by atoms with van der Waals surface area (Å²) in [4.78, 5) is 0. The summed E-state index contributed by atoms with van der Waals surface area (Å²) < 4.78 is 7.79. The molecular weight excluding hydrogens is 282 g/mol. The van der Waals surface area contributed by atoms with Crippen LogP contribution in [-0.4, -0.2) is 14.8 Å². The summed E-state index contributed by atoms with van der Waals surface area (Å²) in [5, 5.41) is 7.75. The van der Waals surface area contributed by atoms with Crippen LogP contribution in [0.3, 0.4) is 0 Å². The molecule has 3 aromatic rings. The minimum atomic E-state index is 0.542. The summed E-state index contributed by atoms with van der Waals surface area (Å²) in [6, 6.07) is 11.2. The van der Waals surface area contributed by atoms with Crippen LogP contribution in [0, 0.1) is 4.77 Å². The fraction of sp³-hybridized carbons (Fsp3) is 0.0769. The van der Waals surface area contributed by atoms with E-state index in [1.165, 1.54) is 0 Å². The highest BCUT2D eigenvalue weighted by atomic mass is 35.5. The first kappa shape index (κ1) is 12.2. The van der Waals surface area contributed by atoms with Crippen molar-refractivity contribution in [2.45, 2.75) is 6.54 Å². The first-order valence-electron chi connectivity index (χ1n) is 5.67. The predicted octanol–water partition coefficient (Wildman–Crippen LogP) is 3.90. The molecule has 0 aliphatic rings. The number of hydrogen-bond donors (Lipinski definition) is 1. The van der Waals surface area contributed by atoms with Crippen LogP contribution < -0.4 is 0 Å². The zero-order valence-electron chi connectivity index (χ0n) is 9.84. The van der Waals surface area contributed by atoms with Gasteiger partial charge in [0.1, 0.15) is 5.76 Å². The summed E-state index contributed by atoms with van der Waals surface area (Å²) in [6.45, 7) is 0.542. The van der Waals surface area contributed by atoms with Gasteiger partial charge in [-0.1, -0.05) is 11.6 Å². The zero-order valence-corrected chi connectivity index (χ0v) is 11.4. The number of hydrogen-bond acceptors (Lipinski definition) is 3. The van der Waals surface area contributed by atoms with Gasteiger partial charge < -0.3 is 4.42 Å². The third-order valence-electron chi connectivity index (χ3n) is 2.75. The highest BCUT2D eigenvalue weighted by molar-refractivity contribution is 7.71. The Bertz CT molecular complexity index is 728. The molecule has 0 spiro atoms. The minimum Gasteiger partial charge on any atom is -0.467 e. The van der Waals surface area contributed by atoms with E-state index >= 15 is 0 Å². The number of H-pyrrole nitrogens is 1. The van der Waals surface area contributed by atoms with Crippen LogP contribution in [0.15, 0.2) is 47.1 Å². The van der Waals surface area contributed by atoms with Gasteiger partial charge in [-0.3, -0.25) is 9.67 Å². The van der Waals surface area contributed by atoms with Gasteiger partial charge in [-0.05, 0) is 48.6 Å². The second kappa shape index (κ2) is 5.03. The molecule has 0 bridgehead atoms. The molecule has 0 aliphatic carbocycles. The maximum absolute atomic E-state index is 5.89. The van der Waals surface area contributed by atoms with E-state index in [9.17, 15) is 0 Å². The number of aromatic nitrogens is 3. The Balaban J connectivity index is 2.03. The average molecular weight is 292 g/mol. The van der Waals surface area contributed by atoms with E-state index in [0.717, 1.165) is 17.1 Å². The first-order chi connectivity index (χ1) is 9.24. The molecule has 2 heterocycles. The van der Waals surface area contributed by atoms with E-state index < -0.39 is 0 Å². The van der Waals surface area contributed by atoms with Gasteiger partial charge in [-0.15, -0.1) is 0 Å². The van der Waals surface area contributed by atoms with Crippen molar-refractivity contribution in [3.05, 3.63) is 58.2 Å². The molecule has 0 saturated carbocycles. The van der Waals surface area contributed by atoms with Gasteiger partial charge in [-0.2, -0.15) is 5.10 Å². The molecule has 0 radical (unpaired) electrons. The van der Waals surface area contributed by atoms with Crippen molar-refractivity contribution in [2.75, 3.05) is 0 Å². The Morgan fingerprint density at radius 1 is 1.26 bits per heavy atom. The van der Waals surface area contributed by atoms with Gasteiger partial charge in [-0.25, -0.2) is 0 Å². The van der Waals surface area contributed by atoms with E-state index in [1.54, 1.807) is 6.26 Å². The molecule has 0 unspecified atom stereocenters. The second-order valence-electron chi connectivity index (χ2n) is 4.02. The van der Waals surface area contributed by atoms with Gasteiger partial charge in [0.25, 0.3) is 0 Å². The summed E-state index contributed by atoms with van der Waals surface area (Å²) in [6.07, 6.45) is 1.64. The Labute approximate surface area is 119 Å². The maximum Gasteiger partial charge on any atom is 0.195 e. The first-order valence-corrected chi connectivity index (χ1v) is 6.46. The second-order valence-corrected chi connectivity index (χ2v) is 4.85. The normalized spacial score (nSPS) is 10.8. The standard InChI is InChI=1S/C13H10ClN3OS/c14-10-5-3-9(4-6-10)12-15-16-13(19)17(12)8-11-2-1-7-18-11/h1-7H,8H2,(H,16,19). The quantitative estimate of drug-likeness (QED) is 0.744. The lowest BCUT2D eigenvalue weighted by molar-refractivity contribution is 0.493. The lowest BCUT2D eigenvalue weighted by atomic mass is 10.2. The van der Waals surface area contributed by atoms with Crippen LogP contribution >= 0.6 is 23.8 Å². The van der Waals surface area contributed by atoms with Crippen molar-refractivity contribution >= 4 is 23.8 Å². The fourth-order valence-corrected chi connectivity index (χ4v) is 2.16. The van der Waals surface area contributed by atoms with E-state index in [0.29, 0.717) is 16.3 Å². The molecule has 3 rings (SSSR count). The van der Waals surface area contributed by atoms with Crippen LogP contribution in [0.4, 0.5) is 0 Å². The smallest absolute Gasteiger partial charge is 0.195 e. The van der Waals surface area contributed by atoms with Crippen LogP contribution in [0.1, 0.15) is 5.76 Å². The molecule has 0 fully saturated rings. The number of rotatable bonds is 3. The number of nitrogens with one attached hydrogen (secondary N) is 1. The van der Waals surface area contributed by atoms with Crippen molar-refractivity contribution in [2.24, 2.45) is 0 Å². The van der Waals surface area contributed by atoms with Crippen molar-refractivity contribution in [1.29, 1.82) is 0 Å². The summed E-state index contributed by atoms with van der Waals surface area (Å²) in [5.74, 6) is 1.59. The monoisotopic (exact) mass is 291 g/mol. The maximum atomic E-state index is 5.89. The third-order valence-corrected chi connectivity index (χ3v) is 3.32. The van der Waals surface area contributed by atoms with Crippen molar-refractivity contribution in [1.82, 2.24) is 14.8 Å². The Hall–Kier alpha value is -1.85. The van der Waals surface area contributed by atoms with Gasteiger partial charge >= 0.3 is 0 Å². The number of nitrogens with zero attached hydrogens (tertiary/aromatic N) is 2. The number of furan rings is 1. The molecule has 1 aromatic carbocycles. The minimum absolute atomic E-state index is 0.542. The SMILES string of the molecule is S=c1[nH]nc(-c2ccc(Cl)cc2)n1Cc1ccco1. The molecule has 6 heteroatoms. The van der Waals surface area contributed by atoms with Crippen molar-refractivity contribution in [3.8, 4) is 11.4 Å². The molecular formula is C13H10ClN3OS. The zero-order chi connectivity index (χ0) is 13.2. The number of aromatic amines is 1. The number of benzene rings is 1. The molecule has 19 heavy (non-hydrogen) atoms. The lowest BCUT2D eigenvalue weighted by Crippen LogP contribution is -2.01. The molecule has 1 N–H and O–H groups in total. The Morgan fingerprint density at radius 3 is 2.74 bits per heavy atom.